The van der Waals surface area contributed by atoms with Crippen molar-refractivity contribution < 1.29 is 9.90 Å². The predicted molar refractivity (Wildman–Crippen MR) is 61.5 cm³/mol. The Hall–Kier alpha value is -1.73. The number of benzene rings is 1. The molecule has 0 amide bonds. The molecular formula is C11H11ClN2O2. The first-order valence-electron chi connectivity index (χ1n) is 4.79. The van der Waals surface area contributed by atoms with Crippen molar-refractivity contribution >= 4 is 23.3 Å². The maximum atomic E-state index is 10.3. The second kappa shape index (κ2) is 5.99. The van der Waals surface area contributed by atoms with Crippen LogP contribution in [-0.2, 0) is 4.79 Å². The van der Waals surface area contributed by atoms with Gasteiger partial charge in [-0.25, -0.2) is 0 Å². The number of nitriles is 1. The molecule has 2 N–H and O–H groups in total. The second-order valence-corrected chi connectivity index (χ2v) is 3.61. The van der Waals surface area contributed by atoms with Gasteiger partial charge in [-0.15, -0.1) is 0 Å². The lowest BCUT2D eigenvalue weighted by Crippen LogP contribution is -2.06. The third-order valence-corrected chi connectivity index (χ3v) is 2.32. The molecule has 0 aliphatic heterocycles. The molecule has 1 aromatic rings. The van der Waals surface area contributed by atoms with E-state index in [-0.39, 0.29) is 6.42 Å². The summed E-state index contributed by atoms with van der Waals surface area (Å²) in [5, 5.41) is 20.7. The van der Waals surface area contributed by atoms with Gasteiger partial charge in [-0.3, -0.25) is 4.79 Å². The Labute approximate surface area is 98.5 Å². The Morgan fingerprint density at radius 3 is 2.94 bits per heavy atom. The van der Waals surface area contributed by atoms with Gasteiger partial charge in [0.1, 0.15) is 6.07 Å². The van der Waals surface area contributed by atoms with Gasteiger partial charge in [0.25, 0.3) is 0 Å². The van der Waals surface area contributed by atoms with Crippen LogP contribution in [-0.4, -0.2) is 17.6 Å². The zero-order valence-corrected chi connectivity index (χ0v) is 9.29. The van der Waals surface area contributed by atoms with Crippen LogP contribution in [0.3, 0.4) is 0 Å². The first-order chi connectivity index (χ1) is 7.65. The van der Waals surface area contributed by atoms with E-state index in [4.69, 9.17) is 22.0 Å². The number of nitrogens with one attached hydrogen (secondary N) is 1. The molecule has 5 heteroatoms. The molecule has 0 bridgehead atoms. The number of rotatable bonds is 5. The fourth-order valence-corrected chi connectivity index (χ4v) is 1.49. The van der Waals surface area contributed by atoms with Crippen molar-refractivity contribution in [2.75, 3.05) is 11.9 Å². The van der Waals surface area contributed by atoms with Gasteiger partial charge in [-0.1, -0.05) is 17.7 Å². The van der Waals surface area contributed by atoms with E-state index in [1.807, 2.05) is 6.07 Å². The van der Waals surface area contributed by atoms with Crippen LogP contribution >= 0.6 is 11.6 Å². The number of halogens is 1. The number of carbonyl (C=O) groups is 1. The summed E-state index contributed by atoms with van der Waals surface area (Å²) in [4.78, 5) is 10.3. The van der Waals surface area contributed by atoms with Crippen LogP contribution in [0, 0.1) is 11.3 Å². The number of aliphatic carboxylic acids is 1. The molecule has 0 fully saturated rings. The summed E-state index contributed by atoms with van der Waals surface area (Å²) in [5.74, 6) is -0.832. The molecule has 16 heavy (non-hydrogen) atoms. The third-order valence-electron chi connectivity index (χ3n) is 2.00. The monoisotopic (exact) mass is 238 g/mol. The molecule has 0 saturated heterocycles. The van der Waals surface area contributed by atoms with E-state index >= 15 is 0 Å². The Kier molecular flexibility index (Phi) is 4.62. The minimum Gasteiger partial charge on any atom is -0.481 e. The molecule has 0 aliphatic rings. The van der Waals surface area contributed by atoms with Gasteiger partial charge in [-0.05, 0) is 18.6 Å². The summed E-state index contributed by atoms with van der Waals surface area (Å²) >= 11 is 5.92. The molecule has 4 nitrogen and oxygen atoms in total. The van der Waals surface area contributed by atoms with Gasteiger partial charge in [0.15, 0.2) is 0 Å². The highest BCUT2D eigenvalue weighted by Gasteiger charge is 2.05. The quantitative estimate of drug-likeness (QED) is 0.773. The van der Waals surface area contributed by atoms with Crippen LogP contribution in [0.25, 0.3) is 0 Å². The average molecular weight is 239 g/mol. The summed E-state index contributed by atoms with van der Waals surface area (Å²) in [5.41, 5.74) is 1.03. The minimum absolute atomic E-state index is 0.0966. The second-order valence-electron chi connectivity index (χ2n) is 3.20. The molecule has 0 spiro atoms. The first kappa shape index (κ1) is 12.3. The van der Waals surface area contributed by atoms with Gasteiger partial charge in [0, 0.05) is 13.0 Å². The number of carboxylic acid groups (broad SMARTS) is 1. The smallest absolute Gasteiger partial charge is 0.303 e. The lowest BCUT2D eigenvalue weighted by molar-refractivity contribution is -0.137. The maximum absolute atomic E-state index is 10.3. The van der Waals surface area contributed by atoms with Crippen LogP contribution in [0.15, 0.2) is 18.2 Å². The molecule has 0 aromatic heterocycles. The summed E-state index contributed by atoms with van der Waals surface area (Å²) in [7, 11) is 0. The van der Waals surface area contributed by atoms with Crippen LogP contribution < -0.4 is 5.32 Å². The summed E-state index contributed by atoms with van der Waals surface area (Å²) in [6.07, 6.45) is 0.588. The standard InChI is InChI=1S/C11H11ClN2O2/c12-9-4-1-3-8(7-13)11(9)14-6-2-5-10(15)16/h1,3-4,14H,2,5-6H2,(H,15,16). The van der Waals surface area contributed by atoms with Crippen LogP contribution in [0.5, 0.6) is 0 Å². The number of anilines is 1. The highest BCUT2D eigenvalue weighted by atomic mass is 35.5. The summed E-state index contributed by atoms with van der Waals surface area (Å²) in [6, 6.07) is 7.06. The van der Waals surface area contributed by atoms with Crippen molar-refractivity contribution in [1.29, 1.82) is 5.26 Å². The molecule has 0 atom stereocenters. The maximum Gasteiger partial charge on any atom is 0.303 e. The topological polar surface area (TPSA) is 73.1 Å². The van der Waals surface area contributed by atoms with E-state index < -0.39 is 5.97 Å². The molecule has 0 saturated carbocycles. The number of hydrogen-bond donors (Lipinski definition) is 2. The number of hydrogen-bond acceptors (Lipinski definition) is 3. The van der Waals surface area contributed by atoms with E-state index in [1.54, 1.807) is 18.2 Å². The molecule has 1 rings (SSSR count). The van der Waals surface area contributed by atoms with Crippen molar-refractivity contribution in [3.05, 3.63) is 28.8 Å². The van der Waals surface area contributed by atoms with Gasteiger partial charge >= 0.3 is 5.97 Å². The van der Waals surface area contributed by atoms with Crippen molar-refractivity contribution in [3.63, 3.8) is 0 Å². The summed E-state index contributed by atoms with van der Waals surface area (Å²) in [6.45, 7) is 0.477. The zero-order valence-electron chi connectivity index (χ0n) is 8.53. The van der Waals surface area contributed by atoms with E-state index in [0.29, 0.717) is 29.2 Å². The largest absolute Gasteiger partial charge is 0.481 e. The SMILES string of the molecule is N#Cc1cccc(Cl)c1NCCCC(=O)O. The molecule has 0 unspecified atom stereocenters. The highest BCUT2D eigenvalue weighted by Crippen LogP contribution is 2.25. The van der Waals surface area contributed by atoms with Crippen molar-refractivity contribution in [2.45, 2.75) is 12.8 Å². The van der Waals surface area contributed by atoms with Crippen molar-refractivity contribution in [1.82, 2.24) is 0 Å². The molecule has 0 radical (unpaired) electrons. The van der Waals surface area contributed by atoms with Crippen molar-refractivity contribution in [3.8, 4) is 6.07 Å². The fourth-order valence-electron chi connectivity index (χ4n) is 1.25. The molecule has 84 valence electrons. The Balaban J connectivity index is 2.60. The van der Waals surface area contributed by atoms with Crippen LogP contribution in [0.1, 0.15) is 18.4 Å². The first-order valence-corrected chi connectivity index (χ1v) is 5.17. The van der Waals surface area contributed by atoms with Gasteiger partial charge in [-0.2, -0.15) is 5.26 Å². The molecular weight excluding hydrogens is 228 g/mol. The van der Waals surface area contributed by atoms with Crippen LogP contribution in [0.2, 0.25) is 5.02 Å². The minimum atomic E-state index is -0.832. The Morgan fingerprint density at radius 1 is 1.56 bits per heavy atom. The van der Waals surface area contributed by atoms with E-state index in [1.165, 1.54) is 0 Å². The molecule has 0 aliphatic carbocycles. The predicted octanol–water partition coefficient (Wildman–Crippen LogP) is 2.49. The molecule has 1 aromatic carbocycles. The number of carboxylic acids is 1. The lowest BCUT2D eigenvalue weighted by Gasteiger charge is -2.08. The van der Waals surface area contributed by atoms with E-state index in [2.05, 4.69) is 5.32 Å². The van der Waals surface area contributed by atoms with E-state index in [9.17, 15) is 4.79 Å². The number of para-hydroxylation sites is 1. The van der Waals surface area contributed by atoms with Gasteiger partial charge in [0.2, 0.25) is 0 Å². The number of nitrogens with zero attached hydrogens (tertiary/aromatic N) is 1. The Morgan fingerprint density at radius 2 is 2.31 bits per heavy atom. The molecule has 0 heterocycles. The van der Waals surface area contributed by atoms with Crippen molar-refractivity contribution in [2.24, 2.45) is 0 Å². The van der Waals surface area contributed by atoms with Gasteiger partial charge in [0.05, 0.1) is 16.3 Å². The van der Waals surface area contributed by atoms with E-state index in [0.717, 1.165) is 0 Å². The third kappa shape index (κ3) is 3.44. The normalized spacial score (nSPS) is 9.50. The highest BCUT2D eigenvalue weighted by molar-refractivity contribution is 6.33. The van der Waals surface area contributed by atoms with Gasteiger partial charge < -0.3 is 10.4 Å². The lowest BCUT2D eigenvalue weighted by atomic mass is 10.2. The Bertz CT molecular complexity index is 426. The summed E-state index contributed by atoms with van der Waals surface area (Å²) < 4.78 is 0. The zero-order chi connectivity index (χ0) is 12.0. The fraction of sp³-hybridized carbons (Fsp3) is 0.273. The van der Waals surface area contributed by atoms with Crippen LogP contribution in [0.4, 0.5) is 5.69 Å². The average Bonchev–Trinajstić information content (AvgIpc) is 2.25.